The van der Waals surface area contributed by atoms with E-state index in [1.807, 2.05) is 0 Å². The minimum absolute atomic E-state index is 0. The summed E-state index contributed by atoms with van der Waals surface area (Å²) in [5, 5.41) is 32.0. The Bertz CT molecular complexity index is 1500. The van der Waals surface area contributed by atoms with Crippen molar-refractivity contribution in [3.63, 3.8) is 0 Å². The van der Waals surface area contributed by atoms with Crippen LogP contribution in [0.2, 0.25) is 0 Å². The average molecular weight is 552 g/mol. The molecule has 12 nitrogen and oxygen atoms in total. The third kappa shape index (κ3) is 8.90. The molecular formula is C20H19N5Na2O7S2. The molecule has 0 saturated heterocycles. The van der Waals surface area contributed by atoms with Gasteiger partial charge in [0.05, 0.1) is 27.4 Å². The van der Waals surface area contributed by atoms with E-state index in [1.54, 1.807) is 43.3 Å². The molecule has 0 heterocycles. The van der Waals surface area contributed by atoms with Crippen molar-refractivity contribution in [2.75, 3.05) is 11.6 Å². The summed E-state index contributed by atoms with van der Waals surface area (Å²) in [5.74, 6) is 0.153. The van der Waals surface area contributed by atoms with E-state index in [4.69, 9.17) is 0 Å². The number of hydrogen-bond donors (Lipinski definition) is 3. The molecule has 0 aliphatic rings. The number of nitro benzene ring substituents is 1. The first kappa shape index (κ1) is 32.1. The van der Waals surface area contributed by atoms with Crippen LogP contribution < -0.4 is 9.44 Å². The fourth-order valence-corrected chi connectivity index (χ4v) is 5.26. The van der Waals surface area contributed by atoms with Gasteiger partial charge in [0, 0.05) is 70.9 Å². The molecule has 180 valence electrons. The fraction of sp³-hybridized carbons (Fsp3) is 0.100. The van der Waals surface area contributed by atoms with E-state index < -0.39 is 35.6 Å². The van der Waals surface area contributed by atoms with E-state index in [1.165, 1.54) is 10.2 Å². The normalized spacial score (nSPS) is 11.4. The number of sulfonamides is 2. The first-order chi connectivity index (χ1) is 15.8. The molecule has 0 amide bonds. The van der Waals surface area contributed by atoms with Gasteiger partial charge >= 0.3 is 0 Å². The van der Waals surface area contributed by atoms with Gasteiger partial charge < -0.3 is 10.4 Å². The Hall–Kier alpha value is -1.88. The number of phenolic OH excluding ortho intramolecular Hbond substituents is 1. The molecule has 2 radical (unpaired) electrons. The van der Waals surface area contributed by atoms with Crippen LogP contribution in [0.3, 0.4) is 0 Å². The van der Waals surface area contributed by atoms with Crippen LogP contribution in [0.5, 0.6) is 5.75 Å². The summed E-state index contributed by atoms with van der Waals surface area (Å²) in [6, 6.07) is 14.2. The molecule has 0 fully saturated rings. The average Bonchev–Trinajstić information content (AvgIpc) is 2.74. The van der Waals surface area contributed by atoms with Gasteiger partial charge in [0.15, 0.2) is 0 Å². The van der Waals surface area contributed by atoms with E-state index in [-0.39, 0.29) is 70.6 Å². The van der Waals surface area contributed by atoms with Crippen LogP contribution in [-0.2, 0) is 20.0 Å². The zero-order valence-electron chi connectivity index (χ0n) is 19.8. The van der Waals surface area contributed by atoms with Crippen LogP contribution in [0, 0.1) is 17.0 Å². The molecule has 0 aromatic heterocycles. The Kier molecular flexibility index (Phi) is 11.7. The van der Waals surface area contributed by atoms with Crippen LogP contribution >= 0.6 is 0 Å². The summed E-state index contributed by atoms with van der Waals surface area (Å²) in [7, 11) is -8.61. The molecule has 0 aliphatic carbocycles. The third-order valence-electron chi connectivity index (χ3n) is 4.34. The second-order valence-corrected chi connectivity index (χ2v) is 10.8. The number of benzene rings is 3. The van der Waals surface area contributed by atoms with Gasteiger partial charge in [0.25, 0.3) is 15.7 Å². The quantitative estimate of drug-likeness (QED) is 0.165. The van der Waals surface area contributed by atoms with Crippen molar-refractivity contribution in [2.24, 2.45) is 10.2 Å². The Morgan fingerprint density at radius 3 is 2.03 bits per heavy atom. The van der Waals surface area contributed by atoms with Crippen molar-refractivity contribution in [2.45, 2.75) is 11.8 Å². The topological polar surface area (TPSA) is 180 Å². The minimum Gasteiger partial charge on any atom is -0.508 e. The van der Waals surface area contributed by atoms with E-state index >= 15 is 0 Å². The predicted octanol–water partition coefficient (Wildman–Crippen LogP) is 3.24. The van der Waals surface area contributed by atoms with Crippen LogP contribution in [0.25, 0.3) is 0 Å². The number of hydrogen-bond acceptors (Lipinski definition) is 10. The molecule has 0 unspecified atom stereocenters. The Morgan fingerprint density at radius 2 is 1.47 bits per heavy atom. The van der Waals surface area contributed by atoms with Gasteiger partial charge in [-0.25, -0.2) is 16.8 Å². The van der Waals surface area contributed by atoms with Crippen molar-refractivity contribution in [1.82, 2.24) is 4.13 Å². The van der Waals surface area contributed by atoms with E-state index in [9.17, 15) is 32.1 Å². The van der Waals surface area contributed by atoms with Gasteiger partial charge in [-0.2, -0.15) is 10.2 Å². The summed E-state index contributed by atoms with van der Waals surface area (Å²) in [4.78, 5) is 10.1. The second-order valence-electron chi connectivity index (χ2n) is 7.14. The molecule has 16 heteroatoms. The van der Waals surface area contributed by atoms with Gasteiger partial charge in [-0.15, -0.1) is 4.13 Å². The molecule has 3 aromatic carbocycles. The van der Waals surface area contributed by atoms with Crippen molar-refractivity contribution in [1.29, 1.82) is 0 Å². The number of azo groups is 1. The van der Waals surface area contributed by atoms with Crippen LogP contribution in [-0.4, -0.2) is 92.2 Å². The fourth-order valence-electron chi connectivity index (χ4n) is 2.77. The molecule has 0 spiro atoms. The maximum atomic E-state index is 12.2. The van der Waals surface area contributed by atoms with Crippen molar-refractivity contribution in [3.8, 4) is 5.75 Å². The summed E-state index contributed by atoms with van der Waals surface area (Å²) in [6.07, 6.45) is 0.657. The van der Waals surface area contributed by atoms with Crippen molar-refractivity contribution in [3.05, 3.63) is 76.3 Å². The first-order valence-corrected chi connectivity index (χ1v) is 12.8. The van der Waals surface area contributed by atoms with Gasteiger partial charge in [0.2, 0.25) is 10.0 Å². The maximum absolute atomic E-state index is 12.2. The monoisotopic (exact) mass is 551 g/mol. The van der Waals surface area contributed by atoms with Crippen molar-refractivity contribution >= 4 is 108 Å². The van der Waals surface area contributed by atoms with E-state index in [0.29, 0.717) is 28.9 Å². The van der Waals surface area contributed by atoms with Gasteiger partial charge in [-0.05, 0) is 67.1 Å². The molecule has 36 heavy (non-hydrogen) atoms. The van der Waals surface area contributed by atoms with E-state index in [0.717, 1.165) is 18.2 Å². The number of nitrogens with one attached hydrogen (secondary N) is 2. The van der Waals surface area contributed by atoms with Gasteiger partial charge in [-0.1, -0.05) is 0 Å². The summed E-state index contributed by atoms with van der Waals surface area (Å²) in [5.41, 5.74) is 1.59. The SMILES string of the molecule is Cc1cc(N=Nc2ccc(Nc3ccc(S(=O)(=O)NS(C)(=O)=O)cc3[N+](=O)[O-])cc2)ccc1O.[Na].[Na]. The smallest absolute Gasteiger partial charge is 0.294 e. The number of nitrogens with zero attached hydrogens (tertiary/aromatic N) is 3. The largest absolute Gasteiger partial charge is 0.508 e. The number of rotatable bonds is 8. The van der Waals surface area contributed by atoms with Crippen LogP contribution in [0.15, 0.2) is 75.8 Å². The Balaban J connectivity index is 0.00000324. The number of phenols is 1. The molecule has 3 N–H and O–H groups in total. The second kappa shape index (κ2) is 13.1. The van der Waals surface area contributed by atoms with Gasteiger partial charge in [-0.3, -0.25) is 10.1 Å². The summed E-state index contributed by atoms with van der Waals surface area (Å²) >= 11 is 0. The number of anilines is 2. The molecule has 0 aliphatic heterocycles. The van der Waals surface area contributed by atoms with Crippen LogP contribution in [0.4, 0.5) is 28.4 Å². The minimum atomic E-state index is -4.51. The maximum Gasteiger partial charge on any atom is 0.294 e. The molecule has 0 saturated carbocycles. The zero-order valence-corrected chi connectivity index (χ0v) is 25.5. The molecule has 3 aromatic rings. The summed E-state index contributed by atoms with van der Waals surface area (Å²) in [6.45, 7) is 1.73. The van der Waals surface area contributed by atoms with E-state index in [2.05, 4.69) is 15.5 Å². The van der Waals surface area contributed by atoms with Crippen LogP contribution in [0.1, 0.15) is 5.56 Å². The molecule has 0 atom stereocenters. The van der Waals surface area contributed by atoms with Gasteiger partial charge in [0.1, 0.15) is 11.4 Å². The molecule has 0 bridgehead atoms. The van der Waals surface area contributed by atoms with Crippen molar-refractivity contribution < 1.29 is 26.9 Å². The summed E-state index contributed by atoms with van der Waals surface area (Å²) < 4.78 is 48.3. The number of aromatic hydroxyl groups is 1. The first-order valence-electron chi connectivity index (χ1n) is 9.44. The predicted molar refractivity (Wildman–Crippen MR) is 137 cm³/mol. The Morgan fingerprint density at radius 1 is 0.889 bits per heavy atom. The Labute approximate surface area is 252 Å². The number of nitro groups is 1. The zero-order chi connectivity index (χ0) is 25.1. The number of aryl methyl sites for hydroxylation is 1. The third-order valence-corrected chi connectivity index (χ3v) is 7.31. The standard InChI is InChI=1S/C20H19N5O7S2.2Na/c1-13-11-16(7-10-20(13)26)23-22-15-5-3-14(4-6-15)21-18-9-8-17(12-19(18)25(27)28)34(31,32)24-33(2,29)30;;/h3-12,21,24,26H,1-2H3;;. The molecule has 3 rings (SSSR count). The molecular weight excluding hydrogens is 532 g/mol.